The Kier molecular flexibility index (Phi) is 4.39. The van der Waals surface area contributed by atoms with E-state index in [-0.39, 0.29) is 11.9 Å². The summed E-state index contributed by atoms with van der Waals surface area (Å²) in [6, 6.07) is -0.304. The fourth-order valence-electron chi connectivity index (χ4n) is 2.13. The highest BCUT2D eigenvalue weighted by Crippen LogP contribution is 2.25. The first-order valence-electron chi connectivity index (χ1n) is 5.65. The molecule has 1 rings (SSSR count). The summed E-state index contributed by atoms with van der Waals surface area (Å²) < 4.78 is 0. The number of likely N-dealkylation sites (N-methyl/N-ethyl adjacent to an activating group) is 1. The van der Waals surface area contributed by atoms with E-state index in [1.165, 1.54) is 25.7 Å². The minimum atomic E-state index is -0.304. The van der Waals surface area contributed by atoms with E-state index in [9.17, 15) is 4.79 Å². The number of hydrogen-bond acceptors (Lipinski definition) is 2. The van der Waals surface area contributed by atoms with Crippen molar-refractivity contribution in [3.8, 4) is 0 Å². The molecule has 0 aliphatic heterocycles. The molecule has 0 bridgehead atoms. The van der Waals surface area contributed by atoms with E-state index < -0.39 is 0 Å². The lowest BCUT2D eigenvalue weighted by Gasteiger charge is -2.23. The molecule has 0 unspecified atom stereocenters. The first-order valence-corrected chi connectivity index (χ1v) is 5.65. The predicted molar refractivity (Wildman–Crippen MR) is 57.9 cm³/mol. The lowest BCUT2D eigenvalue weighted by atomic mass is 10.1. The predicted octanol–water partition coefficient (Wildman–Crippen LogP) is 1.37. The van der Waals surface area contributed by atoms with Crippen molar-refractivity contribution in [2.24, 2.45) is 11.7 Å². The second-order valence-corrected chi connectivity index (χ2v) is 4.38. The molecule has 0 aromatic carbocycles. The maximum Gasteiger partial charge on any atom is 0.239 e. The fourth-order valence-corrected chi connectivity index (χ4v) is 2.13. The molecule has 0 heterocycles. The second-order valence-electron chi connectivity index (χ2n) is 4.38. The van der Waals surface area contributed by atoms with Gasteiger partial charge in [0.2, 0.25) is 5.91 Å². The van der Waals surface area contributed by atoms with Crippen LogP contribution >= 0.6 is 0 Å². The van der Waals surface area contributed by atoms with E-state index in [1.807, 2.05) is 18.9 Å². The molecule has 1 saturated carbocycles. The van der Waals surface area contributed by atoms with Crippen LogP contribution in [0.15, 0.2) is 0 Å². The van der Waals surface area contributed by atoms with Crippen LogP contribution in [0, 0.1) is 5.92 Å². The number of nitrogens with zero attached hydrogens (tertiary/aromatic N) is 1. The first-order chi connectivity index (χ1) is 6.65. The number of hydrogen-bond donors (Lipinski definition) is 1. The van der Waals surface area contributed by atoms with Crippen molar-refractivity contribution in [2.45, 2.75) is 45.1 Å². The Morgan fingerprint density at radius 1 is 1.50 bits per heavy atom. The molecule has 1 amide bonds. The Morgan fingerprint density at radius 3 is 2.57 bits per heavy atom. The number of carbonyl (C=O) groups is 1. The Morgan fingerprint density at radius 2 is 2.07 bits per heavy atom. The summed E-state index contributed by atoms with van der Waals surface area (Å²) in [7, 11) is 1.87. The van der Waals surface area contributed by atoms with Gasteiger partial charge >= 0.3 is 0 Å². The van der Waals surface area contributed by atoms with E-state index in [1.54, 1.807) is 0 Å². The van der Waals surface area contributed by atoms with Gasteiger partial charge in [-0.3, -0.25) is 4.79 Å². The quantitative estimate of drug-likeness (QED) is 0.741. The van der Waals surface area contributed by atoms with Crippen LogP contribution in [-0.4, -0.2) is 30.4 Å². The zero-order valence-corrected chi connectivity index (χ0v) is 9.33. The summed E-state index contributed by atoms with van der Waals surface area (Å²) in [6.07, 6.45) is 5.94. The van der Waals surface area contributed by atoms with Crippen molar-refractivity contribution in [3.05, 3.63) is 0 Å². The zero-order chi connectivity index (χ0) is 10.6. The standard InChI is InChI=1S/C11H22N2O/c1-3-10(12)11(14)13(2)8-9-6-4-5-7-9/h9-10H,3-8,12H2,1-2H3/t10-/m1/s1. The monoisotopic (exact) mass is 198 g/mol. The van der Waals surface area contributed by atoms with Crippen LogP contribution in [0.3, 0.4) is 0 Å². The largest absolute Gasteiger partial charge is 0.344 e. The summed E-state index contributed by atoms with van der Waals surface area (Å²) in [4.78, 5) is 13.5. The van der Waals surface area contributed by atoms with Gasteiger partial charge in [0.15, 0.2) is 0 Å². The lowest BCUT2D eigenvalue weighted by Crippen LogP contribution is -2.42. The van der Waals surface area contributed by atoms with Crippen molar-refractivity contribution >= 4 is 5.91 Å². The Labute approximate surface area is 86.6 Å². The second kappa shape index (κ2) is 5.35. The van der Waals surface area contributed by atoms with Crippen LogP contribution in [0.25, 0.3) is 0 Å². The highest BCUT2D eigenvalue weighted by molar-refractivity contribution is 5.81. The van der Waals surface area contributed by atoms with Gasteiger partial charge in [0, 0.05) is 13.6 Å². The molecule has 0 saturated heterocycles. The van der Waals surface area contributed by atoms with E-state index in [2.05, 4.69) is 0 Å². The molecule has 0 aromatic heterocycles. The molecule has 1 aliphatic carbocycles. The number of nitrogens with two attached hydrogens (primary N) is 1. The van der Waals surface area contributed by atoms with Gasteiger partial charge < -0.3 is 10.6 Å². The summed E-state index contributed by atoms with van der Waals surface area (Å²) in [5.41, 5.74) is 5.70. The van der Waals surface area contributed by atoms with Crippen molar-refractivity contribution in [1.82, 2.24) is 4.90 Å². The smallest absolute Gasteiger partial charge is 0.239 e. The molecular weight excluding hydrogens is 176 g/mol. The van der Waals surface area contributed by atoms with Crippen LogP contribution in [0.4, 0.5) is 0 Å². The van der Waals surface area contributed by atoms with Gasteiger partial charge in [0.05, 0.1) is 6.04 Å². The molecule has 0 aromatic rings. The molecule has 14 heavy (non-hydrogen) atoms. The zero-order valence-electron chi connectivity index (χ0n) is 9.33. The third kappa shape index (κ3) is 2.98. The Bertz CT molecular complexity index is 188. The van der Waals surface area contributed by atoms with Crippen molar-refractivity contribution < 1.29 is 4.79 Å². The molecule has 1 fully saturated rings. The van der Waals surface area contributed by atoms with Gasteiger partial charge in [-0.05, 0) is 25.2 Å². The molecule has 82 valence electrons. The van der Waals surface area contributed by atoms with Gasteiger partial charge in [-0.25, -0.2) is 0 Å². The van der Waals surface area contributed by atoms with Crippen molar-refractivity contribution in [3.63, 3.8) is 0 Å². The van der Waals surface area contributed by atoms with Gasteiger partial charge in [0.1, 0.15) is 0 Å². The minimum absolute atomic E-state index is 0.0967. The average molecular weight is 198 g/mol. The Hall–Kier alpha value is -0.570. The summed E-state index contributed by atoms with van der Waals surface area (Å²) in [6.45, 7) is 2.85. The van der Waals surface area contributed by atoms with Gasteiger partial charge in [-0.2, -0.15) is 0 Å². The molecule has 0 spiro atoms. The van der Waals surface area contributed by atoms with E-state index >= 15 is 0 Å². The Balaban J connectivity index is 2.32. The average Bonchev–Trinajstić information content (AvgIpc) is 2.68. The molecular formula is C11H22N2O. The SMILES string of the molecule is CC[C@@H](N)C(=O)N(C)CC1CCCC1. The van der Waals surface area contributed by atoms with E-state index in [4.69, 9.17) is 5.73 Å². The summed E-state index contributed by atoms with van der Waals surface area (Å²) in [5, 5.41) is 0. The maximum absolute atomic E-state index is 11.7. The molecule has 1 atom stereocenters. The highest BCUT2D eigenvalue weighted by atomic mass is 16.2. The number of carbonyl (C=O) groups excluding carboxylic acids is 1. The minimum Gasteiger partial charge on any atom is -0.344 e. The highest BCUT2D eigenvalue weighted by Gasteiger charge is 2.21. The normalized spacial score (nSPS) is 19.6. The van der Waals surface area contributed by atoms with E-state index in [0.29, 0.717) is 5.92 Å². The third-order valence-corrected chi connectivity index (χ3v) is 3.14. The molecule has 3 nitrogen and oxygen atoms in total. The van der Waals surface area contributed by atoms with Gasteiger partial charge in [-0.1, -0.05) is 19.8 Å². The topological polar surface area (TPSA) is 46.3 Å². The van der Waals surface area contributed by atoms with Crippen molar-refractivity contribution in [1.29, 1.82) is 0 Å². The summed E-state index contributed by atoms with van der Waals surface area (Å²) >= 11 is 0. The molecule has 3 heteroatoms. The molecule has 1 aliphatic rings. The van der Waals surface area contributed by atoms with Gasteiger partial charge in [-0.15, -0.1) is 0 Å². The summed E-state index contributed by atoms with van der Waals surface area (Å²) in [5.74, 6) is 0.812. The molecule has 0 radical (unpaired) electrons. The first kappa shape index (κ1) is 11.5. The number of rotatable bonds is 4. The maximum atomic E-state index is 11.7. The third-order valence-electron chi connectivity index (χ3n) is 3.14. The van der Waals surface area contributed by atoms with Crippen LogP contribution < -0.4 is 5.73 Å². The number of amides is 1. The van der Waals surface area contributed by atoms with E-state index in [0.717, 1.165) is 13.0 Å². The van der Waals surface area contributed by atoms with Crippen LogP contribution in [0.2, 0.25) is 0 Å². The van der Waals surface area contributed by atoms with Gasteiger partial charge in [0.25, 0.3) is 0 Å². The van der Waals surface area contributed by atoms with Crippen LogP contribution in [0.5, 0.6) is 0 Å². The van der Waals surface area contributed by atoms with Crippen LogP contribution in [-0.2, 0) is 4.79 Å². The van der Waals surface area contributed by atoms with Crippen LogP contribution in [0.1, 0.15) is 39.0 Å². The molecule has 2 N–H and O–H groups in total. The fraction of sp³-hybridized carbons (Fsp3) is 0.909. The lowest BCUT2D eigenvalue weighted by molar-refractivity contribution is -0.131. The van der Waals surface area contributed by atoms with Crippen molar-refractivity contribution in [2.75, 3.05) is 13.6 Å².